The van der Waals surface area contributed by atoms with Crippen molar-refractivity contribution in [1.29, 1.82) is 0 Å². The fraction of sp³-hybridized carbons (Fsp3) is 0.385. The largest absolute Gasteiger partial charge is 0.478 e. The van der Waals surface area contributed by atoms with Gasteiger partial charge in [0.2, 0.25) is 10.0 Å². The fourth-order valence-corrected chi connectivity index (χ4v) is 6.16. The zero-order valence-electron chi connectivity index (χ0n) is 20.9. The summed E-state index contributed by atoms with van der Waals surface area (Å²) in [7, 11) is -3.20. The summed E-state index contributed by atoms with van der Waals surface area (Å²) in [6.45, 7) is 1.47. The molecule has 200 valence electrons. The lowest BCUT2D eigenvalue weighted by Gasteiger charge is -2.30. The van der Waals surface area contributed by atoms with Gasteiger partial charge in [-0.05, 0) is 48.6 Å². The summed E-state index contributed by atoms with van der Waals surface area (Å²) >= 11 is 0. The maximum atomic E-state index is 14.6. The fourth-order valence-electron chi connectivity index (χ4n) is 5.28. The highest BCUT2D eigenvalue weighted by atomic mass is 32.2. The van der Waals surface area contributed by atoms with Gasteiger partial charge in [-0.1, -0.05) is 23.4 Å². The van der Waals surface area contributed by atoms with Gasteiger partial charge in [-0.2, -0.15) is 0 Å². The molecule has 1 aromatic heterocycles. The number of carbonyl (C=O) groups excluding carboxylic acids is 1. The monoisotopic (exact) mass is 541 g/mol. The number of hydrogen-bond donors (Lipinski definition) is 1. The molecule has 0 bridgehead atoms. The number of hydrogen-bond acceptors (Lipinski definition) is 6. The molecule has 0 saturated carbocycles. The van der Waals surface area contributed by atoms with Crippen molar-refractivity contribution in [3.05, 3.63) is 81.9 Å². The first-order chi connectivity index (χ1) is 18.1. The third-order valence-corrected chi connectivity index (χ3v) is 8.65. The summed E-state index contributed by atoms with van der Waals surface area (Å²) in [5.41, 5.74) is 2.73. The highest BCUT2D eigenvalue weighted by Gasteiger charge is 2.29. The molecule has 0 radical (unpaired) electrons. The second kappa shape index (κ2) is 10.3. The Morgan fingerprint density at radius 1 is 1.05 bits per heavy atom. The van der Waals surface area contributed by atoms with E-state index < -0.39 is 21.8 Å². The van der Waals surface area contributed by atoms with Crippen LogP contribution in [0.1, 0.15) is 61.9 Å². The maximum absolute atomic E-state index is 14.6. The normalized spacial score (nSPS) is 16.8. The molecule has 1 saturated heterocycles. The van der Waals surface area contributed by atoms with E-state index in [0.29, 0.717) is 43.6 Å². The van der Waals surface area contributed by atoms with E-state index in [2.05, 4.69) is 10.3 Å². The van der Waals surface area contributed by atoms with E-state index in [-0.39, 0.29) is 42.5 Å². The van der Waals surface area contributed by atoms with Crippen LogP contribution in [0.5, 0.6) is 0 Å². The van der Waals surface area contributed by atoms with Crippen molar-refractivity contribution >= 4 is 21.9 Å². The Kier molecular flexibility index (Phi) is 7.01. The summed E-state index contributed by atoms with van der Waals surface area (Å²) in [5.74, 6) is -1.79. The molecular formula is C26H28FN5O5S. The van der Waals surface area contributed by atoms with Gasteiger partial charge >= 0.3 is 5.97 Å². The van der Waals surface area contributed by atoms with Crippen molar-refractivity contribution in [2.75, 3.05) is 25.9 Å². The van der Waals surface area contributed by atoms with E-state index in [0.717, 1.165) is 17.3 Å². The van der Waals surface area contributed by atoms with Gasteiger partial charge in [0.05, 0.1) is 24.1 Å². The second-order valence-corrected chi connectivity index (χ2v) is 11.8. The average molecular weight is 542 g/mol. The van der Waals surface area contributed by atoms with Crippen LogP contribution < -0.4 is 0 Å². The number of carboxylic acids is 1. The zero-order chi connectivity index (χ0) is 27.0. The van der Waals surface area contributed by atoms with Crippen LogP contribution in [0.15, 0.2) is 42.6 Å². The first-order valence-corrected chi connectivity index (χ1v) is 14.2. The third-order valence-electron chi connectivity index (χ3n) is 7.35. The molecule has 0 atom stereocenters. The lowest BCUT2D eigenvalue weighted by atomic mass is 9.93. The molecule has 0 aliphatic carbocycles. The Labute approximate surface area is 219 Å². The summed E-state index contributed by atoms with van der Waals surface area (Å²) in [4.78, 5) is 26.6. The SMILES string of the molecule is CS(=O)(=O)N1CCC(c2cn(Cc3ccccc3C(=O)N3CCc4c(C(=O)O)ccc(F)c4C3)nn2)CC1. The number of benzene rings is 2. The molecule has 5 rings (SSSR count). The predicted molar refractivity (Wildman–Crippen MR) is 136 cm³/mol. The lowest BCUT2D eigenvalue weighted by Crippen LogP contribution is -2.37. The number of carboxylic acid groups (broad SMARTS) is 1. The van der Waals surface area contributed by atoms with Crippen molar-refractivity contribution in [3.63, 3.8) is 0 Å². The zero-order valence-corrected chi connectivity index (χ0v) is 21.7. The highest BCUT2D eigenvalue weighted by molar-refractivity contribution is 7.88. The minimum atomic E-state index is -3.20. The van der Waals surface area contributed by atoms with Crippen LogP contribution in [0.3, 0.4) is 0 Å². The number of sulfonamides is 1. The number of aromatic carboxylic acids is 1. The Morgan fingerprint density at radius 3 is 2.50 bits per heavy atom. The average Bonchev–Trinajstić information content (AvgIpc) is 3.36. The Bertz CT molecular complexity index is 1500. The van der Waals surface area contributed by atoms with Crippen molar-refractivity contribution in [2.45, 2.75) is 38.3 Å². The highest BCUT2D eigenvalue weighted by Crippen LogP contribution is 2.29. The van der Waals surface area contributed by atoms with Crippen molar-refractivity contribution in [3.8, 4) is 0 Å². The summed E-state index contributed by atoms with van der Waals surface area (Å²) < 4.78 is 41.3. The van der Waals surface area contributed by atoms with Crippen LogP contribution in [0.4, 0.5) is 4.39 Å². The summed E-state index contributed by atoms with van der Waals surface area (Å²) in [6, 6.07) is 9.55. The Balaban J connectivity index is 1.31. The van der Waals surface area contributed by atoms with E-state index in [1.165, 1.54) is 21.5 Å². The molecule has 3 aromatic rings. The first-order valence-electron chi connectivity index (χ1n) is 12.4. The van der Waals surface area contributed by atoms with Crippen LogP contribution in [0.25, 0.3) is 0 Å². The standard InChI is InChI=1S/C26H28FN5O5S/c1-38(36,37)32-12-8-17(9-13-32)24-16-31(29-28-24)14-18-4-2-3-5-19(18)25(33)30-11-10-20-21(26(34)35)6-7-23(27)22(20)15-30/h2-7,16-17H,8-15H2,1H3,(H,34,35). The third kappa shape index (κ3) is 5.18. The summed E-state index contributed by atoms with van der Waals surface area (Å²) in [5, 5.41) is 18.0. The number of carbonyl (C=O) groups is 2. The molecule has 2 aliphatic rings. The molecule has 0 spiro atoms. The summed E-state index contributed by atoms with van der Waals surface area (Å²) in [6.07, 6.45) is 4.64. The van der Waals surface area contributed by atoms with Gasteiger partial charge < -0.3 is 10.0 Å². The molecular weight excluding hydrogens is 513 g/mol. The minimum Gasteiger partial charge on any atom is -0.478 e. The van der Waals surface area contributed by atoms with Crippen LogP contribution in [-0.2, 0) is 29.5 Å². The van der Waals surface area contributed by atoms with Crippen LogP contribution in [0, 0.1) is 5.82 Å². The first kappa shape index (κ1) is 26.0. The second-order valence-electron chi connectivity index (χ2n) is 9.77. The molecule has 3 heterocycles. The number of halogens is 1. The molecule has 1 fully saturated rings. The molecule has 12 heteroatoms. The van der Waals surface area contributed by atoms with Gasteiger partial charge in [0, 0.05) is 49.4 Å². The van der Waals surface area contributed by atoms with Gasteiger partial charge in [0.15, 0.2) is 0 Å². The van der Waals surface area contributed by atoms with E-state index in [1.54, 1.807) is 16.8 Å². The topological polar surface area (TPSA) is 126 Å². The Hall–Kier alpha value is -3.64. The lowest BCUT2D eigenvalue weighted by molar-refractivity contribution is 0.0693. The molecule has 2 aromatic carbocycles. The molecule has 38 heavy (non-hydrogen) atoms. The number of piperidine rings is 1. The molecule has 1 amide bonds. The Morgan fingerprint density at radius 2 is 1.79 bits per heavy atom. The number of amides is 1. The molecule has 10 nitrogen and oxygen atoms in total. The molecule has 2 aliphatic heterocycles. The minimum absolute atomic E-state index is 0.00486. The number of fused-ring (bicyclic) bond motifs is 1. The quantitative estimate of drug-likeness (QED) is 0.508. The van der Waals surface area contributed by atoms with E-state index in [4.69, 9.17) is 0 Å². The number of rotatable bonds is 6. The molecule has 1 N–H and O–H groups in total. The smallest absolute Gasteiger partial charge is 0.335 e. The van der Waals surface area contributed by atoms with Crippen LogP contribution >= 0.6 is 0 Å². The van der Waals surface area contributed by atoms with Crippen molar-refractivity contribution in [2.24, 2.45) is 0 Å². The van der Waals surface area contributed by atoms with Gasteiger partial charge in [0.25, 0.3) is 5.91 Å². The van der Waals surface area contributed by atoms with E-state index >= 15 is 0 Å². The van der Waals surface area contributed by atoms with Crippen LogP contribution in [-0.4, -0.2) is 75.5 Å². The predicted octanol–water partition coefficient (Wildman–Crippen LogP) is 2.50. The maximum Gasteiger partial charge on any atom is 0.335 e. The van der Waals surface area contributed by atoms with Crippen LogP contribution in [0.2, 0.25) is 0 Å². The van der Waals surface area contributed by atoms with Gasteiger partial charge in [-0.3, -0.25) is 4.79 Å². The van der Waals surface area contributed by atoms with Crippen molar-refractivity contribution < 1.29 is 27.5 Å². The van der Waals surface area contributed by atoms with Gasteiger partial charge in [0.1, 0.15) is 5.82 Å². The van der Waals surface area contributed by atoms with E-state index in [9.17, 15) is 27.5 Å². The van der Waals surface area contributed by atoms with Gasteiger partial charge in [-0.25, -0.2) is 26.6 Å². The molecule has 0 unspecified atom stereocenters. The number of nitrogens with zero attached hydrogens (tertiary/aromatic N) is 5. The number of aromatic nitrogens is 3. The van der Waals surface area contributed by atoms with Gasteiger partial charge in [-0.15, -0.1) is 5.10 Å². The van der Waals surface area contributed by atoms with E-state index in [1.807, 2.05) is 18.3 Å². The van der Waals surface area contributed by atoms with Crippen molar-refractivity contribution in [1.82, 2.24) is 24.2 Å².